The van der Waals surface area contributed by atoms with Crippen LogP contribution in [0.15, 0.2) is 48.5 Å². The van der Waals surface area contributed by atoms with Gasteiger partial charge in [-0.2, -0.15) is 0 Å². The predicted octanol–water partition coefficient (Wildman–Crippen LogP) is 3.44. The lowest BCUT2D eigenvalue weighted by atomic mass is 9.97. The van der Waals surface area contributed by atoms with Crippen LogP contribution in [0.2, 0.25) is 0 Å². The first-order chi connectivity index (χ1) is 13.6. The fourth-order valence-corrected chi connectivity index (χ4v) is 3.16. The van der Waals surface area contributed by atoms with Crippen molar-refractivity contribution < 1.29 is 19.1 Å². The zero-order valence-corrected chi connectivity index (χ0v) is 16.3. The molecule has 3 rings (SSSR count). The number of benzene rings is 2. The standard InChI is InChI=1S/C22H26N2O4/c1-3-24(22(26)13-16(2)17-7-5-4-6-8-17)15-21(25)23-18-9-10-19-20(14-18)28-12-11-27-19/h4-10,14,16H,3,11-13,15H2,1-2H3,(H,23,25)/t16-/m0/s1. The van der Waals surface area contributed by atoms with Gasteiger partial charge in [-0.1, -0.05) is 37.3 Å². The molecule has 2 aromatic rings. The van der Waals surface area contributed by atoms with Crippen molar-refractivity contribution in [3.05, 3.63) is 54.1 Å². The molecule has 0 fully saturated rings. The summed E-state index contributed by atoms with van der Waals surface area (Å²) in [6, 6.07) is 15.2. The number of amides is 2. The van der Waals surface area contributed by atoms with Crippen LogP contribution in [-0.2, 0) is 9.59 Å². The summed E-state index contributed by atoms with van der Waals surface area (Å²) in [7, 11) is 0. The first kappa shape index (κ1) is 19.7. The molecule has 0 aromatic heterocycles. The number of rotatable bonds is 7. The van der Waals surface area contributed by atoms with E-state index in [1.807, 2.05) is 44.2 Å². The molecule has 0 spiro atoms. The van der Waals surface area contributed by atoms with Crippen LogP contribution in [0.4, 0.5) is 5.69 Å². The van der Waals surface area contributed by atoms with Gasteiger partial charge in [0.25, 0.3) is 0 Å². The van der Waals surface area contributed by atoms with Gasteiger partial charge in [0.1, 0.15) is 13.2 Å². The van der Waals surface area contributed by atoms with Crippen molar-refractivity contribution in [1.82, 2.24) is 4.90 Å². The van der Waals surface area contributed by atoms with E-state index in [-0.39, 0.29) is 24.3 Å². The molecule has 2 amide bonds. The second kappa shape index (κ2) is 9.26. The Labute approximate surface area is 165 Å². The number of nitrogens with one attached hydrogen (secondary N) is 1. The molecule has 0 saturated heterocycles. The summed E-state index contributed by atoms with van der Waals surface area (Å²) in [4.78, 5) is 26.7. The van der Waals surface area contributed by atoms with E-state index < -0.39 is 0 Å². The lowest BCUT2D eigenvalue weighted by Crippen LogP contribution is -2.38. The Balaban J connectivity index is 1.56. The predicted molar refractivity (Wildman–Crippen MR) is 108 cm³/mol. The zero-order valence-electron chi connectivity index (χ0n) is 16.3. The highest BCUT2D eigenvalue weighted by atomic mass is 16.6. The summed E-state index contributed by atoms with van der Waals surface area (Å²) < 4.78 is 11.0. The van der Waals surface area contributed by atoms with Crippen molar-refractivity contribution in [2.45, 2.75) is 26.2 Å². The zero-order chi connectivity index (χ0) is 19.9. The van der Waals surface area contributed by atoms with Crippen molar-refractivity contribution in [1.29, 1.82) is 0 Å². The van der Waals surface area contributed by atoms with Crippen LogP contribution >= 0.6 is 0 Å². The minimum Gasteiger partial charge on any atom is -0.486 e. The van der Waals surface area contributed by atoms with E-state index >= 15 is 0 Å². The molecule has 2 aromatic carbocycles. The molecule has 0 unspecified atom stereocenters. The maximum atomic E-state index is 12.6. The largest absolute Gasteiger partial charge is 0.486 e. The van der Waals surface area contributed by atoms with Gasteiger partial charge in [0.2, 0.25) is 11.8 Å². The molecule has 28 heavy (non-hydrogen) atoms. The molecule has 148 valence electrons. The molecule has 0 aliphatic carbocycles. The van der Waals surface area contributed by atoms with Crippen molar-refractivity contribution in [2.75, 3.05) is 31.6 Å². The number of fused-ring (bicyclic) bond motifs is 1. The van der Waals surface area contributed by atoms with E-state index in [0.717, 1.165) is 5.56 Å². The Morgan fingerprint density at radius 1 is 1.07 bits per heavy atom. The monoisotopic (exact) mass is 382 g/mol. The van der Waals surface area contributed by atoms with Gasteiger partial charge in [-0.15, -0.1) is 0 Å². The second-order valence-corrected chi connectivity index (χ2v) is 6.83. The van der Waals surface area contributed by atoms with Crippen molar-refractivity contribution in [3.63, 3.8) is 0 Å². The summed E-state index contributed by atoms with van der Waals surface area (Å²) in [5.74, 6) is 1.12. The SMILES string of the molecule is CCN(CC(=O)Nc1ccc2c(c1)OCCO2)C(=O)C[C@H](C)c1ccccc1. The Morgan fingerprint density at radius 3 is 2.50 bits per heavy atom. The highest BCUT2D eigenvalue weighted by molar-refractivity contribution is 5.94. The maximum absolute atomic E-state index is 12.6. The number of hydrogen-bond acceptors (Lipinski definition) is 4. The van der Waals surface area contributed by atoms with Gasteiger partial charge < -0.3 is 19.7 Å². The van der Waals surface area contributed by atoms with Crippen molar-refractivity contribution in [2.24, 2.45) is 0 Å². The average molecular weight is 382 g/mol. The smallest absolute Gasteiger partial charge is 0.243 e. The molecule has 6 nitrogen and oxygen atoms in total. The second-order valence-electron chi connectivity index (χ2n) is 6.83. The molecule has 0 saturated carbocycles. The number of carbonyl (C=O) groups is 2. The van der Waals surface area contributed by atoms with E-state index in [1.54, 1.807) is 23.1 Å². The number of anilines is 1. The first-order valence-electron chi connectivity index (χ1n) is 9.59. The van der Waals surface area contributed by atoms with E-state index in [4.69, 9.17) is 9.47 Å². The summed E-state index contributed by atoms with van der Waals surface area (Å²) in [5, 5.41) is 2.83. The van der Waals surface area contributed by atoms with Crippen LogP contribution in [0.25, 0.3) is 0 Å². The molecule has 1 atom stereocenters. The van der Waals surface area contributed by atoms with E-state index in [0.29, 0.717) is 43.4 Å². The highest BCUT2D eigenvalue weighted by Gasteiger charge is 2.19. The Bertz CT molecular complexity index is 823. The topological polar surface area (TPSA) is 67.9 Å². The van der Waals surface area contributed by atoms with Gasteiger partial charge in [0.15, 0.2) is 11.5 Å². The van der Waals surface area contributed by atoms with E-state index in [1.165, 1.54) is 0 Å². The number of carbonyl (C=O) groups excluding carboxylic acids is 2. The third-order valence-electron chi connectivity index (χ3n) is 4.74. The van der Waals surface area contributed by atoms with Crippen molar-refractivity contribution in [3.8, 4) is 11.5 Å². The van der Waals surface area contributed by atoms with E-state index in [2.05, 4.69) is 5.32 Å². The van der Waals surface area contributed by atoms with Crippen LogP contribution in [-0.4, -0.2) is 43.0 Å². The molecular weight excluding hydrogens is 356 g/mol. The Kier molecular flexibility index (Phi) is 6.53. The van der Waals surface area contributed by atoms with Crippen LogP contribution in [0, 0.1) is 0 Å². The highest BCUT2D eigenvalue weighted by Crippen LogP contribution is 2.32. The molecule has 0 radical (unpaired) electrons. The summed E-state index contributed by atoms with van der Waals surface area (Å²) in [6.45, 7) is 5.41. The fourth-order valence-electron chi connectivity index (χ4n) is 3.16. The van der Waals surface area contributed by atoms with Gasteiger partial charge in [-0.3, -0.25) is 9.59 Å². The van der Waals surface area contributed by atoms with Gasteiger partial charge in [0, 0.05) is 24.7 Å². The molecule has 1 aliphatic rings. The van der Waals surface area contributed by atoms with Crippen LogP contribution in [0.5, 0.6) is 11.5 Å². The number of likely N-dealkylation sites (N-methyl/N-ethyl adjacent to an activating group) is 1. The molecule has 6 heteroatoms. The molecule has 1 heterocycles. The number of ether oxygens (including phenoxy) is 2. The summed E-state index contributed by atoms with van der Waals surface area (Å²) in [5.41, 5.74) is 1.74. The Morgan fingerprint density at radius 2 is 1.79 bits per heavy atom. The summed E-state index contributed by atoms with van der Waals surface area (Å²) >= 11 is 0. The number of nitrogens with zero attached hydrogens (tertiary/aromatic N) is 1. The fraction of sp³-hybridized carbons (Fsp3) is 0.364. The van der Waals surface area contributed by atoms with Crippen molar-refractivity contribution >= 4 is 17.5 Å². The van der Waals surface area contributed by atoms with Crippen LogP contribution in [0.3, 0.4) is 0 Å². The lowest BCUT2D eigenvalue weighted by molar-refractivity contribution is -0.134. The summed E-state index contributed by atoms with van der Waals surface area (Å²) in [6.07, 6.45) is 0.370. The lowest BCUT2D eigenvalue weighted by Gasteiger charge is -2.23. The molecule has 1 N–H and O–H groups in total. The molecule has 1 aliphatic heterocycles. The van der Waals surface area contributed by atoms with Gasteiger partial charge in [0.05, 0.1) is 6.54 Å². The molecular formula is C22H26N2O4. The van der Waals surface area contributed by atoms with E-state index in [9.17, 15) is 9.59 Å². The average Bonchev–Trinajstić information content (AvgIpc) is 2.72. The van der Waals surface area contributed by atoms with Crippen LogP contribution < -0.4 is 14.8 Å². The van der Waals surface area contributed by atoms with Gasteiger partial charge in [-0.05, 0) is 30.5 Å². The normalized spacial score (nSPS) is 13.5. The minimum atomic E-state index is -0.237. The third kappa shape index (κ3) is 5.03. The minimum absolute atomic E-state index is 0.0191. The number of hydrogen-bond donors (Lipinski definition) is 1. The van der Waals surface area contributed by atoms with Gasteiger partial charge in [-0.25, -0.2) is 0 Å². The molecule has 0 bridgehead atoms. The van der Waals surface area contributed by atoms with Gasteiger partial charge >= 0.3 is 0 Å². The maximum Gasteiger partial charge on any atom is 0.243 e. The quantitative estimate of drug-likeness (QED) is 0.797. The third-order valence-corrected chi connectivity index (χ3v) is 4.74. The van der Waals surface area contributed by atoms with Crippen LogP contribution in [0.1, 0.15) is 31.7 Å². The Hall–Kier alpha value is -3.02. The first-order valence-corrected chi connectivity index (χ1v) is 9.59.